The zero-order chi connectivity index (χ0) is 13.2. The zero-order valence-electron chi connectivity index (χ0n) is 10.5. The maximum absolute atomic E-state index is 5.80. The van der Waals surface area contributed by atoms with E-state index in [-0.39, 0.29) is 0 Å². The van der Waals surface area contributed by atoms with Crippen molar-refractivity contribution in [2.75, 3.05) is 0 Å². The van der Waals surface area contributed by atoms with E-state index < -0.39 is 0 Å². The van der Waals surface area contributed by atoms with Gasteiger partial charge in [-0.05, 0) is 18.6 Å². The van der Waals surface area contributed by atoms with Gasteiger partial charge < -0.3 is 10.5 Å². The maximum atomic E-state index is 5.80. The lowest BCUT2D eigenvalue weighted by molar-refractivity contribution is 0.292. The van der Waals surface area contributed by atoms with Crippen LogP contribution in [0.5, 0.6) is 5.75 Å². The van der Waals surface area contributed by atoms with E-state index in [2.05, 4.69) is 10.2 Å². The number of benzene rings is 1. The minimum Gasteiger partial charge on any atom is -0.485 e. The van der Waals surface area contributed by atoms with Crippen LogP contribution in [0.1, 0.15) is 17.1 Å². The highest BCUT2D eigenvalue weighted by atomic mass is 32.1. The van der Waals surface area contributed by atoms with Crippen LogP contribution in [0.15, 0.2) is 29.6 Å². The fourth-order valence-corrected chi connectivity index (χ4v) is 2.79. The average molecular weight is 274 g/mol. The van der Waals surface area contributed by atoms with Crippen LogP contribution in [-0.2, 0) is 13.2 Å². The van der Waals surface area contributed by atoms with E-state index in [0.29, 0.717) is 13.2 Å². The fraction of sp³-hybridized carbons (Fsp3) is 0.231. The molecule has 1 aromatic carbocycles. The van der Waals surface area contributed by atoms with Crippen molar-refractivity contribution in [3.8, 4) is 5.75 Å². The first-order chi connectivity index (χ1) is 9.29. The Labute approximate surface area is 114 Å². The van der Waals surface area contributed by atoms with Crippen LogP contribution in [0.25, 0.3) is 4.96 Å². The van der Waals surface area contributed by atoms with Gasteiger partial charge >= 0.3 is 0 Å². The Hall–Kier alpha value is -1.92. The number of hydrogen-bond acceptors (Lipinski definition) is 5. The molecule has 2 aromatic heterocycles. The SMILES string of the molecule is Cc1ccccc1OCc1nnc2scc(CN)n12. The Morgan fingerprint density at radius 1 is 1.32 bits per heavy atom. The van der Waals surface area contributed by atoms with Crippen molar-refractivity contribution < 1.29 is 4.74 Å². The predicted octanol–water partition coefficient (Wildman–Crippen LogP) is 2.14. The first-order valence-electron chi connectivity index (χ1n) is 5.98. The number of ether oxygens (including phenoxy) is 1. The molecular formula is C13H14N4OS. The van der Waals surface area contributed by atoms with Crippen molar-refractivity contribution in [1.82, 2.24) is 14.6 Å². The van der Waals surface area contributed by atoms with E-state index in [1.807, 2.05) is 41.0 Å². The highest BCUT2D eigenvalue weighted by molar-refractivity contribution is 7.15. The number of fused-ring (bicyclic) bond motifs is 1. The quantitative estimate of drug-likeness (QED) is 0.791. The zero-order valence-corrected chi connectivity index (χ0v) is 11.4. The molecule has 0 spiro atoms. The molecule has 0 atom stereocenters. The van der Waals surface area contributed by atoms with Gasteiger partial charge in [-0.15, -0.1) is 21.5 Å². The standard InChI is InChI=1S/C13H14N4OS/c1-9-4-2-3-5-11(9)18-7-12-15-16-13-17(12)10(6-14)8-19-13/h2-5,8H,6-7,14H2,1H3. The molecule has 0 unspecified atom stereocenters. The van der Waals surface area contributed by atoms with Gasteiger partial charge in [-0.3, -0.25) is 4.40 Å². The number of hydrogen-bond donors (Lipinski definition) is 1. The highest BCUT2D eigenvalue weighted by Crippen LogP contribution is 2.20. The van der Waals surface area contributed by atoms with E-state index in [0.717, 1.165) is 27.8 Å². The van der Waals surface area contributed by atoms with Gasteiger partial charge in [-0.1, -0.05) is 18.2 Å². The smallest absolute Gasteiger partial charge is 0.216 e. The van der Waals surface area contributed by atoms with Gasteiger partial charge in [-0.2, -0.15) is 0 Å². The predicted molar refractivity (Wildman–Crippen MR) is 74.3 cm³/mol. The topological polar surface area (TPSA) is 65.4 Å². The Morgan fingerprint density at radius 2 is 2.16 bits per heavy atom. The summed E-state index contributed by atoms with van der Waals surface area (Å²) < 4.78 is 7.76. The summed E-state index contributed by atoms with van der Waals surface area (Å²) >= 11 is 1.54. The monoisotopic (exact) mass is 274 g/mol. The molecule has 3 rings (SSSR count). The molecular weight excluding hydrogens is 260 g/mol. The molecule has 2 heterocycles. The molecule has 6 heteroatoms. The highest BCUT2D eigenvalue weighted by Gasteiger charge is 2.11. The molecule has 5 nitrogen and oxygen atoms in total. The molecule has 0 fully saturated rings. The molecule has 0 aliphatic rings. The van der Waals surface area contributed by atoms with Gasteiger partial charge in [0.25, 0.3) is 0 Å². The van der Waals surface area contributed by atoms with Crippen molar-refractivity contribution in [1.29, 1.82) is 0 Å². The van der Waals surface area contributed by atoms with E-state index in [9.17, 15) is 0 Å². The Kier molecular flexibility index (Phi) is 3.18. The number of para-hydroxylation sites is 1. The van der Waals surface area contributed by atoms with Crippen LogP contribution in [0.2, 0.25) is 0 Å². The molecule has 19 heavy (non-hydrogen) atoms. The molecule has 0 saturated heterocycles. The summed E-state index contributed by atoms with van der Waals surface area (Å²) in [6, 6.07) is 7.91. The number of rotatable bonds is 4. The summed E-state index contributed by atoms with van der Waals surface area (Å²) in [5.74, 6) is 1.64. The molecule has 3 aromatic rings. The van der Waals surface area contributed by atoms with Crippen molar-refractivity contribution in [2.24, 2.45) is 5.73 Å². The van der Waals surface area contributed by atoms with Crippen LogP contribution in [-0.4, -0.2) is 14.6 Å². The second kappa shape index (κ2) is 4.99. The third-order valence-electron chi connectivity index (χ3n) is 2.95. The molecule has 98 valence electrons. The van der Waals surface area contributed by atoms with Gasteiger partial charge in [0, 0.05) is 11.9 Å². The number of thiazole rings is 1. The fourth-order valence-electron chi connectivity index (χ4n) is 1.93. The molecule has 0 radical (unpaired) electrons. The van der Waals surface area contributed by atoms with Crippen LogP contribution in [0.3, 0.4) is 0 Å². The number of nitrogens with two attached hydrogens (primary N) is 1. The van der Waals surface area contributed by atoms with E-state index in [1.165, 1.54) is 11.3 Å². The van der Waals surface area contributed by atoms with Crippen molar-refractivity contribution >= 4 is 16.3 Å². The Morgan fingerprint density at radius 3 is 2.95 bits per heavy atom. The molecule has 2 N–H and O–H groups in total. The van der Waals surface area contributed by atoms with Gasteiger partial charge in [0.15, 0.2) is 5.82 Å². The van der Waals surface area contributed by atoms with Gasteiger partial charge in [0.2, 0.25) is 4.96 Å². The van der Waals surface area contributed by atoms with E-state index in [1.54, 1.807) is 0 Å². The summed E-state index contributed by atoms with van der Waals surface area (Å²) in [5, 5.41) is 10.3. The lowest BCUT2D eigenvalue weighted by Crippen LogP contribution is -2.06. The first-order valence-corrected chi connectivity index (χ1v) is 6.86. The van der Waals surface area contributed by atoms with Gasteiger partial charge in [0.1, 0.15) is 12.4 Å². The molecule has 0 aliphatic carbocycles. The van der Waals surface area contributed by atoms with E-state index in [4.69, 9.17) is 10.5 Å². The molecule has 0 amide bonds. The summed E-state index contributed by atoms with van der Waals surface area (Å²) in [7, 11) is 0. The van der Waals surface area contributed by atoms with Crippen molar-refractivity contribution in [3.05, 3.63) is 46.7 Å². The van der Waals surface area contributed by atoms with Crippen molar-refractivity contribution in [3.63, 3.8) is 0 Å². The van der Waals surface area contributed by atoms with Crippen LogP contribution < -0.4 is 10.5 Å². The second-order valence-corrected chi connectivity index (χ2v) is 5.06. The summed E-state index contributed by atoms with van der Waals surface area (Å²) in [6.45, 7) is 2.87. The average Bonchev–Trinajstić information content (AvgIpc) is 2.99. The minimum atomic E-state index is 0.385. The van der Waals surface area contributed by atoms with Crippen LogP contribution in [0, 0.1) is 6.92 Å². The lowest BCUT2D eigenvalue weighted by Gasteiger charge is -2.07. The third kappa shape index (κ3) is 2.20. The van der Waals surface area contributed by atoms with Crippen molar-refractivity contribution in [2.45, 2.75) is 20.1 Å². The number of aromatic nitrogens is 3. The van der Waals surface area contributed by atoms with E-state index >= 15 is 0 Å². The summed E-state index contributed by atoms with van der Waals surface area (Å²) in [5.41, 5.74) is 7.82. The minimum absolute atomic E-state index is 0.385. The van der Waals surface area contributed by atoms with Crippen LogP contribution in [0.4, 0.5) is 0 Å². The molecule has 0 aliphatic heterocycles. The maximum Gasteiger partial charge on any atom is 0.216 e. The normalized spacial score (nSPS) is 11.1. The largest absolute Gasteiger partial charge is 0.485 e. The summed E-state index contributed by atoms with van der Waals surface area (Å²) in [4.78, 5) is 0.851. The molecule has 0 saturated carbocycles. The van der Waals surface area contributed by atoms with Gasteiger partial charge in [-0.25, -0.2) is 0 Å². The Bertz CT molecular complexity index is 704. The number of nitrogens with zero attached hydrogens (tertiary/aromatic N) is 3. The molecule has 0 bridgehead atoms. The first kappa shape index (κ1) is 12.1. The van der Waals surface area contributed by atoms with Crippen LogP contribution >= 0.6 is 11.3 Å². The lowest BCUT2D eigenvalue weighted by atomic mass is 10.2. The van der Waals surface area contributed by atoms with Gasteiger partial charge in [0.05, 0.1) is 5.69 Å². The summed E-state index contributed by atoms with van der Waals surface area (Å²) in [6.07, 6.45) is 0. The Balaban J connectivity index is 1.86. The second-order valence-electron chi connectivity index (χ2n) is 4.22. The third-order valence-corrected chi connectivity index (χ3v) is 3.81. The number of aryl methyl sites for hydroxylation is 1.